The molecule has 1 atom stereocenters. The van der Waals surface area contributed by atoms with E-state index in [2.05, 4.69) is 5.32 Å². The molecule has 0 aliphatic heterocycles. The van der Waals surface area contributed by atoms with Gasteiger partial charge in [0.05, 0.1) is 12.1 Å². The van der Waals surface area contributed by atoms with Gasteiger partial charge < -0.3 is 5.73 Å². The molecule has 1 rings (SSSR count). The molecule has 6 heteroatoms. The molecule has 3 N–H and O–H groups in total. The number of carbonyl (C=O) groups excluding carboxylic acids is 1. The first-order valence-electron chi connectivity index (χ1n) is 5.37. The molecule has 0 aromatic heterocycles. The zero-order chi connectivity index (χ0) is 12.4. The van der Waals surface area contributed by atoms with Crippen molar-refractivity contribution in [2.75, 3.05) is 6.54 Å². The van der Waals surface area contributed by atoms with E-state index in [-0.39, 0.29) is 5.92 Å². The van der Waals surface area contributed by atoms with Crippen LogP contribution in [0.3, 0.4) is 0 Å². The molecule has 1 fully saturated rings. The van der Waals surface area contributed by atoms with Gasteiger partial charge in [0.2, 0.25) is 5.91 Å². The Labute approximate surface area is 92.6 Å². The average molecular weight is 238 g/mol. The van der Waals surface area contributed by atoms with Crippen LogP contribution in [0, 0.1) is 5.92 Å². The number of nitrogens with one attached hydrogen (secondary N) is 1. The van der Waals surface area contributed by atoms with Crippen LogP contribution in [0.4, 0.5) is 13.2 Å². The number of rotatable bonds is 4. The van der Waals surface area contributed by atoms with Gasteiger partial charge in [0.1, 0.15) is 0 Å². The summed E-state index contributed by atoms with van der Waals surface area (Å²) < 4.78 is 36.4. The molecule has 0 aromatic carbocycles. The summed E-state index contributed by atoms with van der Waals surface area (Å²) in [5, 5.41) is 2.28. The minimum atomic E-state index is -4.32. The van der Waals surface area contributed by atoms with Gasteiger partial charge in [0, 0.05) is 0 Å². The third kappa shape index (κ3) is 3.10. The second kappa shape index (κ2) is 4.61. The molecule has 1 aliphatic carbocycles. The lowest BCUT2D eigenvalue weighted by Gasteiger charge is -2.34. The molecule has 1 saturated carbocycles. The van der Waals surface area contributed by atoms with E-state index in [1.807, 2.05) is 0 Å². The lowest BCUT2D eigenvalue weighted by atomic mass is 9.83. The van der Waals surface area contributed by atoms with Crippen LogP contribution in [0.1, 0.15) is 32.6 Å². The van der Waals surface area contributed by atoms with Crippen molar-refractivity contribution in [3.8, 4) is 0 Å². The number of halogens is 3. The number of nitrogens with two attached hydrogens (primary N) is 1. The highest BCUT2D eigenvalue weighted by molar-refractivity contribution is 5.84. The van der Waals surface area contributed by atoms with E-state index in [1.54, 1.807) is 0 Å². The Balaban J connectivity index is 2.68. The zero-order valence-corrected chi connectivity index (χ0v) is 9.23. The summed E-state index contributed by atoms with van der Waals surface area (Å²) >= 11 is 0. The van der Waals surface area contributed by atoms with Gasteiger partial charge in [-0.15, -0.1) is 0 Å². The van der Waals surface area contributed by atoms with Crippen LogP contribution in [0.25, 0.3) is 0 Å². The highest BCUT2D eigenvalue weighted by Gasteiger charge is 2.43. The van der Waals surface area contributed by atoms with Crippen LogP contribution < -0.4 is 11.1 Å². The van der Waals surface area contributed by atoms with Crippen LogP contribution in [-0.4, -0.2) is 24.2 Å². The Hall–Kier alpha value is -0.780. The Morgan fingerprint density at radius 2 is 1.88 bits per heavy atom. The lowest BCUT2D eigenvalue weighted by molar-refractivity contribution is -0.137. The maximum atomic E-state index is 12.1. The van der Waals surface area contributed by atoms with E-state index in [0.29, 0.717) is 0 Å². The van der Waals surface area contributed by atoms with Crippen molar-refractivity contribution in [1.82, 2.24) is 5.32 Å². The zero-order valence-electron chi connectivity index (χ0n) is 9.23. The van der Waals surface area contributed by atoms with Crippen molar-refractivity contribution in [2.24, 2.45) is 11.7 Å². The van der Waals surface area contributed by atoms with E-state index in [4.69, 9.17) is 5.73 Å². The predicted molar refractivity (Wildman–Crippen MR) is 53.6 cm³/mol. The molecule has 1 unspecified atom stereocenters. The van der Waals surface area contributed by atoms with Crippen molar-refractivity contribution in [3.05, 3.63) is 0 Å². The summed E-state index contributed by atoms with van der Waals surface area (Å²) in [4.78, 5) is 11.3. The molecule has 0 spiro atoms. The van der Waals surface area contributed by atoms with Gasteiger partial charge >= 0.3 is 6.18 Å². The number of hydrogen-bond donors (Lipinski definition) is 2. The van der Waals surface area contributed by atoms with Crippen molar-refractivity contribution >= 4 is 5.91 Å². The molecule has 0 bridgehead atoms. The fourth-order valence-corrected chi connectivity index (χ4v) is 2.22. The monoisotopic (exact) mass is 238 g/mol. The fourth-order valence-electron chi connectivity index (χ4n) is 2.22. The number of hydrogen-bond acceptors (Lipinski definition) is 2. The number of alkyl halides is 3. The summed E-state index contributed by atoms with van der Waals surface area (Å²) in [6.07, 6.45) is -0.924. The fraction of sp³-hybridized carbons (Fsp3) is 0.900. The summed E-state index contributed by atoms with van der Waals surface area (Å²) in [6.45, 7) is 0.292. The second-order valence-corrected chi connectivity index (χ2v) is 4.52. The molecular formula is C10H17F3N2O. The first-order chi connectivity index (χ1) is 7.26. The van der Waals surface area contributed by atoms with Crippen LogP contribution in [0.2, 0.25) is 0 Å². The Kier molecular flexibility index (Phi) is 3.83. The normalized spacial score (nSPS) is 22.0. The van der Waals surface area contributed by atoms with Crippen LogP contribution in [-0.2, 0) is 4.79 Å². The van der Waals surface area contributed by atoms with E-state index in [1.165, 1.54) is 6.92 Å². The minimum Gasteiger partial charge on any atom is -0.368 e. The smallest absolute Gasteiger partial charge is 0.368 e. The van der Waals surface area contributed by atoms with Gasteiger partial charge in [-0.2, -0.15) is 13.2 Å². The molecule has 3 nitrogen and oxygen atoms in total. The van der Waals surface area contributed by atoms with Gasteiger partial charge in [-0.05, 0) is 25.7 Å². The Morgan fingerprint density at radius 3 is 2.25 bits per heavy atom. The molecule has 94 valence electrons. The van der Waals surface area contributed by atoms with E-state index in [9.17, 15) is 18.0 Å². The number of amides is 1. The first kappa shape index (κ1) is 13.3. The van der Waals surface area contributed by atoms with Gasteiger partial charge in [-0.1, -0.05) is 12.8 Å². The van der Waals surface area contributed by atoms with Gasteiger partial charge in [-0.3, -0.25) is 10.1 Å². The third-order valence-corrected chi connectivity index (χ3v) is 3.34. The Morgan fingerprint density at radius 1 is 1.38 bits per heavy atom. The van der Waals surface area contributed by atoms with Crippen LogP contribution >= 0.6 is 0 Å². The topological polar surface area (TPSA) is 55.1 Å². The van der Waals surface area contributed by atoms with Crippen molar-refractivity contribution in [2.45, 2.75) is 44.3 Å². The maximum absolute atomic E-state index is 12.1. The average Bonchev–Trinajstić information content (AvgIpc) is 2.65. The number of carbonyl (C=O) groups is 1. The summed E-state index contributed by atoms with van der Waals surface area (Å²) in [5.74, 6) is -0.795. The molecule has 0 radical (unpaired) electrons. The minimum absolute atomic E-state index is 0.0904. The summed E-state index contributed by atoms with van der Waals surface area (Å²) in [5.41, 5.74) is 3.97. The molecular weight excluding hydrogens is 221 g/mol. The highest BCUT2D eigenvalue weighted by atomic mass is 19.4. The van der Waals surface area contributed by atoms with E-state index in [0.717, 1.165) is 25.7 Å². The van der Waals surface area contributed by atoms with Crippen LogP contribution in [0.5, 0.6) is 0 Å². The summed E-state index contributed by atoms with van der Waals surface area (Å²) in [7, 11) is 0. The first-order valence-corrected chi connectivity index (χ1v) is 5.37. The maximum Gasteiger partial charge on any atom is 0.401 e. The highest BCUT2D eigenvalue weighted by Crippen LogP contribution is 2.34. The van der Waals surface area contributed by atoms with Crippen molar-refractivity contribution in [3.63, 3.8) is 0 Å². The molecule has 16 heavy (non-hydrogen) atoms. The SMILES string of the molecule is CC(NCC(F)(F)F)(C(N)=O)C1CCCC1. The van der Waals surface area contributed by atoms with Crippen LogP contribution in [0.15, 0.2) is 0 Å². The largest absolute Gasteiger partial charge is 0.401 e. The van der Waals surface area contributed by atoms with Gasteiger partial charge in [-0.25, -0.2) is 0 Å². The van der Waals surface area contributed by atoms with Gasteiger partial charge in [0.25, 0.3) is 0 Å². The van der Waals surface area contributed by atoms with Crippen molar-refractivity contribution < 1.29 is 18.0 Å². The molecule has 1 amide bonds. The summed E-state index contributed by atoms with van der Waals surface area (Å²) in [6, 6.07) is 0. The molecule has 1 aliphatic rings. The predicted octanol–water partition coefficient (Wildman–Crippen LogP) is 1.57. The van der Waals surface area contributed by atoms with Gasteiger partial charge in [0.15, 0.2) is 0 Å². The lowest BCUT2D eigenvalue weighted by Crippen LogP contribution is -2.59. The molecule has 0 heterocycles. The van der Waals surface area contributed by atoms with Crippen molar-refractivity contribution in [1.29, 1.82) is 0 Å². The second-order valence-electron chi connectivity index (χ2n) is 4.52. The number of primary amides is 1. The third-order valence-electron chi connectivity index (χ3n) is 3.34. The van der Waals surface area contributed by atoms with E-state index >= 15 is 0 Å². The molecule has 0 saturated heterocycles. The quantitative estimate of drug-likeness (QED) is 0.781. The standard InChI is InChI=1S/C10H17F3N2O/c1-9(8(14)16,7-4-2-3-5-7)15-6-10(11,12)13/h7,15H,2-6H2,1H3,(H2,14,16). The Bertz CT molecular complexity index is 261. The van der Waals surface area contributed by atoms with E-state index < -0.39 is 24.2 Å². The molecule has 0 aromatic rings.